The first-order chi connectivity index (χ1) is 8.63. The first-order valence-electron chi connectivity index (χ1n) is 6.81. The summed E-state index contributed by atoms with van der Waals surface area (Å²) in [7, 11) is 0. The molecule has 18 heavy (non-hydrogen) atoms. The summed E-state index contributed by atoms with van der Waals surface area (Å²) >= 11 is 0. The van der Waals surface area contributed by atoms with E-state index < -0.39 is 6.10 Å². The number of fused-ring (bicyclic) bond motifs is 2. The molecule has 1 aromatic carbocycles. The van der Waals surface area contributed by atoms with Gasteiger partial charge in [-0.15, -0.1) is 0 Å². The maximum absolute atomic E-state index is 13.0. The maximum atomic E-state index is 13.0. The van der Waals surface area contributed by atoms with E-state index in [1.54, 1.807) is 6.07 Å². The third-order valence-electron chi connectivity index (χ3n) is 4.52. The standard InChI is InChI=1S/C15H20FNO/c1-10-6-12(16)3-5-14(10)15(18)9-17-8-11-2-4-13(17)7-11/h3,5-6,11,13,15,18H,2,4,7-9H2,1H3. The van der Waals surface area contributed by atoms with E-state index in [4.69, 9.17) is 0 Å². The number of halogens is 1. The zero-order chi connectivity index (χ0) is 12.7. The summed E-state index contributed by atoms with van der Waals surface area (Å²) in [6.07, 6.45) is 3.44. The molecule has 1 saturated heterocycles. The number of piperidine rings is 1. The van der Waals surface area contributed by atoms with Crippen LogP contribution in [0.3, 0.4) is 0 Å². The minimum atomic E-state index is -0.495. The Balaban J connectivity index is 1.69. The van der Waals surface area contributed by atoms with Gasteiger partial charge in [-0.1, -0.05) is 6.07 Å². The van der Waals surface area contributed by atoms with Crippen molar-refractivity contribution in [1.29, 1.82) is 0 Å². The van der Waals surface area contributed by atoms with Gasteiger partial charge in [-0.3, -0.25) is 4.90 Å². The second-order valence-electron chi connectivity index (χ2n) is 5.80. The van der Waals surface area contributed by atoms with Crippen LogP contribution in [0.5, 0.6) is 0 Å². The SMILES string of the molecule is Cc1cc(F)ccc1C(O)CN1CC2CCC1C2. The molecule has 3 atom stereocenters. The Hall–Kier alpha value is -0.930. The summed E-state index contributed by atoms with van der Waals surface area (Å²) in [5, 5.41) is 10.3. The zero-order valence-electron chi connectivity index (χ0n) is 10.8. The third kappa shape index (κ3) is 2.17. The van der Waals surface area contributed by atoms with Gasteiger partial charge in [0, 0.05) is 19.1 Å². The Kier molecular flexibility index (Phi) is 3.12. The van der Waals surface area contributed by atoms with Crippen LogP contribution in [-0.2, 0) is 0 Å². The van der Waals surface area contributed by atoms with E-state index in [-0.39, 0.29) is 5.82 Å². The van der Waals surface area contributed by atoms with Crippen molar-refractivity contribution >= 4 is 0 Å². The minimum Gasteiger partial charge on any atom is -0.387 e. The Morgan fingerprint density at radius 1 is 1.44 bits per heavy atom. The van der Waals surface area contributed by atoms with E-state index in [0.29, 0.717) is 12.6 Å². The van der Waals surface area contributed by atoms with E-state index in [0.717, 1.165) is 23.6 Å². The molecule has 1 aromatic rings. The smallest absolute Gasteiger partial charge is 0.123 e. The van der Waals surface area contributed by atoms with Crippen molar-refractivity contribution in [2.45, 2.75) is 38.3 Å². The molecule has 0 radical (unpaired) electrons. The number of aliphatic hydroxyl groups is 1. The van der Waals surface area contributed by atoms with Crippen LogP contribution in [-0.4, -0.2) is 29.1 Å². The van der Waals surface area contributed by atoms with Crippen LogP contribution in [0.1, 0.15) is 36.5 Å². The van der Waals surface area contributed by atoms with Gasteiger partial charge >= 0.3 is 0 Å². The number of aliphatic hydroxyl groups excluding tert-OH is 1. The number of nitrogens with zero attached hydrogens (tertiary/aromatic N) is 1. The second-order valence-corrected chi connectivity index (χ2v) is 5.80. The highest BCUT2D eigenvalue weighted by Crippen LogP contribution is 2.38. The molecule has 1 N–H and O–H groups in total. The summed E-state index contributed by atoms with van der Waals surface area (Å²) < 4.78 is 13.0. The van der Waals surface area contributed by atoms with Gasteiger partial charge in [-0.2, -0.15) is 0 Å². The minimum absolute atomic E-state index is 0.233. The fourth-order valence-corrected chi connectivity index (χ4v) is 3.58. The lowest BCUT2D eigenvalue weighted by Gasteiger charge is -2.29. The average Bonchev–Trinajstić information content (AvgIpc) is 2.90. The van der Waals surface area contributed by atoms with E-state index >= 15 is 0 Å². The van der Waals surface area contributed by atoms with Crippen LogP contribution in [0.15, 0.2) is 18.2 Å². The number of β-amino-alcohol motifs (C(OH)–C–C–N with tert-alkyl or cyclic N) is 1. The normalized spacial score (nSPS) is 28.8. The molecule has 2 bridgehead atoms. The van der Waals surface area contributed by atoms with Crippen molar-refractivity contribution in [2.24, 2.45) is 5.92 Å². The van der Waals surface area contributed by atoms with Gasteiger partial charge in [0.15, 0.2) is 0 Å². The lowest BCUT2D eigenvalue weighted by atomic mass is 10.0. The molecule has 98 valence electrons. The van der Waals surface area contributed by atoms with Crippen molar-refractivity contribution in [2.75, 3.05) is 13.1 Å². The van der Waals surface area contributed by atoms with Crippen LogP contribution in [0.4, 0.5) is 4.39 Å². The fourth-order valence-electron chi connectivity index (χ4n) is 3.58. The Labute approximate surface area is 107 Å². The summed E-state index contributed by atoms with van der Waals surface area (Å²) in [5.74, 6) is 0.611. The predicted molar refractivity (Wildman–Crippen MR) is 68.8 cm³/mol. The number of hydrogen-bond acceptors (Lipinski definition) is 2. The van der Waals surface area contributed by atoms with Crippen molar-refractivity contribution < 1.29 is 9.50 Å². The summed E-state index contributed by atoms with van der Waals surface area (Å²) in [4.78, 5) is 2.40. The Bertz CT molecular complexity index is 448. The molecular formula is C15H20FNO. The molecule has 1 aliphatic heterocycles. The number of benzene rings is 1. The van der Waals surface area contributed by atoms with Crippen molar-refractivity contribution in [3.63, 3.8) is 0 Å². The molecule has 1 saturated carbocycles. The van der Waals surface area contributed by atoms with Crippen molar-refractivity contribution in [3.05, 3.63) is 35.1 Å². The van der Waals surface area contributed by atoms with Gasteiger partial charge in [0.25, 0.3) is 0 Å². The molecule has 1 heterocycles. The quantitative estimate of drug-likeness (QED) is 0.890. The number of rotatable bonds is 3. The van der Waals surface area contributed by atoms with Gasteiger partial charge in [0.05, 0.1) is 6.10 Å². The van der Waals surface area contributed by atoms with E-state index in [2.05, 4.69) is 4.90 Å². The molecule has 2 fully saturated rings. The highest BCUT2D eigenvalue weighted by Gasteiger charge is 2.38. The monoisotopic (exact) mass is 249 g/mol. The topological polar surface area (TPSA) is 23.5 Å². The van der Waals surface area contributed by atoms with Gasteiger partial charge in [0.1, 0.15) is 5.82 Å². The molecular weight excluding hydrogens is 229 g/mol. The molecule has 3 rings (SSSR count). The first-order valence-corrected chi connectivity index (χ1v) is 6.81. The molecule has 1 aliphatic carbocycles. The molecule has 3 heteroatoms. The summed E-state index contributed by atoms with van der Waals surface area (Å²) in [5.41, 5.74) is 1.70. The third-order valence-corrected chi connectivity index (χ3v) is 4.52. The van der Waals surface area contributed by atoms with Crippen LogP contribution in [0, 0.1) is 18.7 Å². The Morgan fingerprint density at radius 2 is 2.28 bits per heavy atom. The summed E-state index contributed by atoms with van der Waals surface area (Å²) in [6, 6.07) is 5.31. The molecule has 2 nitrogen and oxygen atoms in total. The van der Waals surface area contributed by atoms with E-state index in [9.17, 15) is 9.50 Å². The van der Waals surface area contributed by atoms with Gasteiger partial charge in [-0.05, 0) is 55.4 Å². The predicted octanol–water partition coefficient (Wildman–Crippen LogP) is 2.65. The lowest BCUT2D eigenvalue weighted by molar-refractivity contribution is 0.0942. The van der Waals surface area contributed by atoms with Crippen LogP contribution in [0.2, 0.25) is 0 Å². The zero-order valence-corrected chi connectivity index (χ0v) is 10.8. The first kappa shape index (κ1) is 12.1. The van der Waals surface area contributed by atoms with Gasteiger partial charge in [0.2, 0.25) is 0 Å². The van der Waals surface area contributed by atoms with Crippen LogP contribution < -0.4 is 0 Å². The molecule has 0 amide bonds. The molecule has 0 aromatic heterocycles. The largest absolute Gasteiger partial charge is 0.387 e. The van der Waals surface area contributed by atoms with Crippen molar-refractivity contribution in [1.82, 2.24) is 4.90 Å². The fraction of sp³-hybridized carbons (Fsp3) is 0.600. The van der Waals surface area contributed by atoms with E-state index in [1.807, 2.05) is 6.92 Å². The average molecular weight is 249 g/mol. The second kappa shape index (κ2) is 4.63. The van der Waals surface area contributed by atoms with Gasteiger partial charge in [-0.25, -0.2) is 4.39 Å². The Morgan fingerprint density at radius 3 is 2.89 bits per heavy atom. The van der Waals surface area contributed by atoms with Crippen LogP contribution in [0.25, 0.3) is 0 Å². The number of likely N-dealkylation sites (tertiary alicyclic amines) is 1. The summed E-state index contributed by atoms with van der Waals surface area (Å²) in [6.45, 7) is 3.67. The molecule has 2 aliphatic rings. The maximum Gasteiger partial charge on any atom is 0.123 e. The molecule has 0 spiro atoms. The lowest BCUT2D eigenvalue weighted by Crippen LogP contribution is -2.35. The number of hydrogen-bond donors (Lipinski definition) is 1. The number of aryl methyl sites for hydroxylation is 1. The highest BCUT2D eigenvalue weighted by atomic mass is 19.1. The van der Waals surface area contributed by atoms with Gasteiger partial charge < -0.3 is 5.11 Å². The molecule has 3 unspecified atom stereocenters. The van der Waals surface area contributed by atoms with E-state index in [1.165, 1.54) is 31.4 Å². The van der Waals surface area contributed by atoms with Crippen LogP contribution >= 0.6 is 0 Å². The van der Waals surface area contributed by atoms with Crippen molar-refractivity contribution in [3.8, 4) is 0 Å². The highest BCUT2D eigenvalue weighted by molar-refractivity contribution is 5.28.